The Balaban J connectivity index is 4.30. The molecule has 0 N–H and O–H groups in total. The number of rotatable bonds is 45. The maximum Gasteiger partial charge on any atom is 0.306 e. The van der Waals surface area contributed by atoms with Gasteiger partial charge in [-0.05, 0) is 25.2 Å². The van der Waals surface area contributed by atoms with E-state index in [4.69, 9.17) is 14.2 Å². The van der Waals surface area contributed by atoms with Crippen molar-refractivity contribution in [3.63, 3.8) is 0 Å². The van der Waals surface area contributed by atoms with E-state index in [1.807, 2.05) is 0 Å². The van der Waals surface area contributed by atoms with Crippen molar-refractivity contribution in [1.29, 1.82) is 0 Å². The van der Waals surface area contributed by atoms with E-state index in [1.54, 1.807) is 0 Å². The zero-order valence-corrected chi connectivity index (χ0v) is 38.1. The van der Waals surface area contributed by atoms with Crippen molar-refractivity contribution < 1.29 is 28.6 Å². The van der Waals surface area contributed by atoms with Crippen molar-refractivity contribution in [1.82, 2.24) is 0 Å². The SMILES string of the molecule is CCCCCCCCCCCCCCCCC(=O)O[C@@H](COC(=O)CCCCCCCCCCCC)COC(=O)CCCCCCCCCCCCCC(C)C. The Kier molecular flexibility index (Phi) is 43.2. The summed E-state index contributed by atoms with van der Waals surface area (Å²) in [7, 11) is 0. The number of hydrogen-bond donors (Lipinski definition) is 0. The molecule has 0 saturated carbocycles. The van der Waals surface area contributed by atoms with E-state index in [9.17, 15) is 14.4 Å². The van der Waals surface area contributed by atoms with Crippen molar-refractivity contribution >= 4 is 17.9 Å². The van der Waals surface area contributed by atoms with Gasteiger partial charge >= 0.3 is 17.9 Å². The second-order valence-electron chi connectivity index (χ2n) is 17.6. The highest BCUT2D eigenvalue weighted by atomic mass is 16.6. The van der Waals surface area contributed by atoms with Crippen LogP contribution in [0.25, 0.3) is 0 Å². The number of hydrogen-bond acceptors (Lipinski definition) is 6. The van der Waals surface area contributed by atoms with Crippen LogP contribution < -0.4 is 0 Å². The lowest BCUT2D eigenvalue weighted by atomic mass is 10.0. The van der Waals surface area contributed by atoms with Gasteiger partial charge in [0.25, 0.3) is 0 Å². The fraction of sp³-hybridized carbons (Fsp3) is 0.940. The molecule has 0 saturated heterocycles. The third-order valence-corrected chi connectivity index (χ3v) is 11.3. The molecule has 0 rings (SSSR count). The average molecular weight is 793 g/mol. The minimum absolute atomic E-state index is 0.0632. The highest BCUT2D eigenvalue weighted by Crippen LogP contribution is 2.17. The maximum absolute atomic E-state index is 12.7. The Morgan fingerprint density at radius 3 is 0.875 bits per heavy atom. The number of esters is 3. The molecule has 0 spiro atoms. The molecular weight excluding hydrogens is 697 g/mol. The first-order chi connectivity index (χ1) is 27.4. The summed E-state index contributed by atoms with van der Waals surface area (Å²) in [6.07, 6.45) is 45.1. The van der Waals surface area contributed by atoms with Crippen LogP contribution in [0.2, 0.25) is 0 Å². The number of carbonyl (C=O) groups is 3. The van der Waals surface area contributed by atoms with Gasteiger partial charge in [0.2, 0.25) is 0 Å². The summed E-state index contributed by atoms with van der Waals surface area (Å²) >= 11 is 0. The number of carbonyl (C=O) groups excluding carboxylic acids is 3. The lowest BCUT2D eigenvalue weighted by Crippen LogP contribution is -2.30. The second-order valence-corrected chi connectivity index (χ2v) is 17.6. The van der Waals surface area contributed by atoms with Gasteiger partial charge in [0.15, 0.2) is 6.10 Å². The fourth-order valence-electron chi connectivity index (χ4n) is 7.51. The maximum atomic E-state index is 12.7. The largest absolute Gasteiger partial charge is 0.462 e. The van der Waals surface area contributed by atoms with Gasteiger partial charge in [-0.3, -0.25) is 14.4 Å². The van der Waals surface area contributed by atoms with Gasteiger partial charge in [-0.1, -0.05) is 240 Å². The van der Waals surface area contributed by atoms with Crippen LogP contribution in [0.4, 0.5) is 0 Å². The van der Waals surface area contributed by atoms with Crippen molar-refractivity contribution in [3.8, 4) is 0 Å². The first-order valence-corrected chi connectivity index (χ1v) is 24.9. The molecule has 0 heterocycles. The standard InChI is InChI=1S/C50H96O6/c1-5-7-9-11-13-15-17-18-19-22-27-31-35-39-43-50(53)56-47(44-54-48(51)41-37-33-29-25-16-14-12-10-8-6-2)45-55-49(52)42-38-34-30-26-23-20-21-24-28-32-36-40-46(3)4/h46-47H,5-45H2,1-4H3/t47-/m0/s1. The van der Waals surface area contributed by atoms with Crippen molar-refractivity contribution in [2.24, 2.45) is 5.92 Å². The van der Waals surface area contributed by atoms with Crippen molar-refractivity contribution in [2.45, 2.75) is 284 Å². The van der Waals surface area contributed by atoms with Gasteiger partial charge in [-0.2, -0.15) is 0 Å². The first-order valence-electron chi connectivity index (χ1n) is 24.9. The van der Waals surface area contributed by atoms with Crippen LogP contribution in [-0.2, 0) is 28.6 Å². The molecule has 0 aliphatic rings. The Labute approximate surface area is 348 Å². The molecule has 6 heteroatoms. The van der Waals surface area contributed by atoms with Crippen LogP contribution in [0.1, 0.15) is 278 Å². The molecule has 0 unspecified atom stereocenters. The fourth-order valence-corrected chi connectivity index (χ4v) is 7.51. The van der Waals surface area contributed by atoms with Crippen LogP contribution in [0, 0.1) is 5.92 Å². The molecule has 0 aliphatic heterocycles. The highest BCUT2D eigenvalue weighted by molar-refractivity contribution is 5.71. The molecular formula is C50H96O6. The van der Waals surface area contributed by atoms with Gasteiger partial charge in [0.1, 0.15) is 13.2 Å². The van der Waals surface area contributed by atoms with Crippen molar-refractivity contribution in [3.05, 3.63) is 0 Å². The van der Waals surface area contributed by atoms with Crippen LogP contribution >= 0.6 is 0 Å². The third kappa shape index (κ3) is 43.5. The van der Waals surface area contributed by atoms with Crippen LogP contribution in [0.3, 0.4) is 0 Å². The summed E-state index contributed by atoms with van der Waals surface area (Å²) in [6, 6.07) is 0. The molecule has 0 aromatic rings. The summed E-state index contributed by atoms with van der Waals surface area (Å²) in [5.74, 6) is -0.0215. The average Bonchev–Trinajstić information content (AvgIpc) is 3.18. The number of unbranched alkanes of at least 4 members (excludes halogenated alkanes) is 32. The third-order valence-electron chi connectivity index (χ3n) is 11.3. The van der Waals surface area contributed by atoms with Crippen molar-refractivity contribution in [2.75, 3.05) is 13.2 Å². The molecule has 56 heavy (non-hydrogen) atoms. The van der Waals surface area contributed by atoms with E-state index in [2.05, 4.69) is 27.7 Å². The van der Waals surface area contributed by atoms with E-state index in [1.165, 1.54) is 173 Å². The smallest absolute Gasteiger partial charge is 0.306 e. The van der Waals surface area contributed by atoms with E-state index in [-0.39, 0.29) is 31.1 Å². The molecule has 0 fully saturated rings. The normalized spacial score (nSPS) is 11.9. The molecule has 0 radical (unpaired) electrons. The minimum atomic E-state index is -0.759. The second kappa shape index (κ2) is 44.5. The molecule has 1 atom stereocenters. The van der Waals surface area contributed by atoms with Gasteiger partial charge < -0.3 is 14.2 Å². The number of ether oxygens (including phenoxy) is 3. The summed E-state index contributed by atoms with van der Waals surface area (Å²) in [5.41, 5.74) is 0. The Hall–Kier alpha value is -1.59. The Morgan fingerprint density at radius 2 is 0.589 bits per heavy atom. The topological polar surface area (TPSA) is 78.9 Å². The zero-order valence-electron chi connectivity index (χ0n) is 38.1. The lowest BCUT2D eigenvalue weighted by Gasteiger charge is -2.18. The Bertz CT molecular complexity index is 841. The lowest BCUT2D eigenvalue weighted by molar-refractivity contribution is -0.167. The molecule has 0 aromatic carbocycles. The molecule has 0 bridgehead atoms. The van der Waals surface area contributed by atoms with Gasteiger partial charge in [0, 0.05) is 19.3 Å². The molecule has 0 aromatic heterocycles. The van der Waals surface area contributed by atoms with E-state index in [0.29, 0.717) is 19.3 Å². The summed E-state index contributed by atoms with van der Waals surface area (Å²) < 4.78 is 16.8. The molecule has 0 aliphatic carbocycles. The summed E-state index contributed by atoms with van der Waals surface area (Å²) in [4.78, 5) is 37.8. The Morgan fingerprint density at radius 1 is 0.339 bits per heavy atom. The summed E-state index contributed by atoms with van der Waals surface area (Å²) in [6.45, 7) is 9.00. The van der Waals surface area contributed by atoms with Crippen LogP contribution in [0.5, 0.6) is 0 Å². The highest BCUT2D eigenvalue weighted by Gasteiger charge is 2.19. The molecule has 0 amide bonds. The predicted octanol–water partition coefficient (Wildman–Crippen LogP) is 15.9. The van der Waals surface area contributed by atoms with Gasteiger partial charge in [0.05, 0.1) is 0 Å². The summed E-state index contributed by atoms with van der Waals surface area (Å²) in [5, 5.41) is 0. The zero-order chi connectivity index (χ0) is 41.0. The van der Waals surface area contributed by atoms with Crippen LogP contribution in [0.15, 0.2) is 0 Å². The predicted molar refractivity (Wildman–Crippen MR) is 238 cm³/mol. The first kappa shape index (κ1) is 54.4. The van der Waals surface area contributed by atoms with E-state index in [0.717, 1.165) is 63.7 Å². The van der Waals surface area contributed by atoms with E-state index >= 15 is 0 Å². The molecule has 332 valence electrons. The minimum Gasteiger partial charge on any atom is -0.462 e. The van der Waals surface area contributed by atoms with E-state index < -0.39 is 6.10 Å². The quantitative estimate of drug-likeness (QED) is 0.0347. The molecule has 6 nitrogen and oxygen atoms in total. The van der Waals surface area contributed by atoms with Gasteiger partial charge in [-0.15, -0.1) is 0 Å². The van der Waals surface area contributed by atoms with Gasteiger partial charge in [-0.25, -0.2) is 0 Å². The van der Waals surface area contributed by atoms with Crippen LogP contribution in [-0.4, -0.2) is 37.2 Å². The monoisotopic (exact) mass is 793 g/mol.